The van der Waals surface area contributed by atoms with Crippen molar-refractivity contribution in [2.45, 2.75) is 32.6 Å². The number of nitrogens with zero attached hydrogens (tertiary/aromatic N) is 1. The van der Waals surface area contributed by atoms with Gasteiger partial charge in [0.2, 0.25) is 5.91 Å². The molecule has 1 N–H and O–H groups in total. The van der Waals surface area contributed by atoms with Crippen LogP contribution in [0.1, 0.15) is 32.6 Å². The molecule has 21 heavy (non-hydrogen) atoms. The first-order valence-corrected chi connectivity index (χ1v) is 8.03. The molecule has 1 atom stereocenters. The highest BCUT2D eigenvalue weighted by molar-refractivity contribution is 5.76. The first-order valence-electron chi connectivity index (χ1n) is 8.03. The lowest BCUT2D eigenvalue weighted by Gasteiger charge is -2.23. The Bertz CT molecular complexity index is 456. The summed E-state index contributed by atoms with van der Waals surface area (Å²) in [7, 11) is 0. The lowest BCUT2D eigenvalue weighted by Crippen LogP contribution is -2.30. The second kappa shape index (κ2) is 8.50. The zero-order chi connectivity index (χ0) is 14.9. The first-order chi connectivity index (χ1) is 10.3. The number of carbonyl (C=O) groups excluding carboxylic acids is 1. The van der Waals surface area contributed by atoms with E-state index in [0.717, 1.165) is 38.9 Å². The van der Waals surface area contributed by atoms with Crippen LogP contribution in [-0.4, -0.2) is 25.5 Å². The summed E-state index contributed by atoms with van der Waals surface area (Å²) in [6.45, 7) is 4.89. The molecule has 0 spiro atoms. The van der Waals surface area contributed by atoms with Gasteiger partial charge in [-0.1, -0.05) is 30.4 Å². The summed E-state index contributed by atoms with van der Waals surface area (Å²) < 4.78 is 0. The van der Waals surface area contributed by atoms with E-state index in [1.54, 1.807) is 0 Å². The fourth-order valence-electron chi connectivity index (χ4n) is 2.78. The van der Waals surface area contributed by atoms with Gasteiger partial charge in [0.15, 0.2) is 0 Å². The number of hydrogen-bond acceptors (Lipinski definition) is 2. The van der Waals surface area contributed by atoms with Crippen LogP contribution in [0.2, 0.25) is 0 Å². The molecule has 0 saturated heterocycles. The first kappa shape index (κ1) is 15.6. The predicted molar refractivity (Wildman–Crippen MR) is 88.4 cm³/mol. The number of hydrogen-bond donors (Lipinski definition) is 1. The molecule has 1 aromatic rings. The molecule has 0 unspecified atom stereocenters. The van der Waals surface area contributed by atoms with E-state index < -0.39 is 0 Å². The molecule has 0 fully saturated rings. The Hall–Kier alpha value is -1.77. The zero-order valence-electron chi connectivity index (χ0n) is 12.9. The third-order valence-electron chi connectivity index (χ3n) is 3.99. The Morgan fingerprint density at radius 3 is 2.81 bits per heavy atom. The topological polar surface area (TPSA) is 32.3 Å². The Labute approximate surface area is 128 Å². The molecule has 0 aliphatic heterocycles. The van der Waals surface area contributed by atoms with E-state index in [9.17, 15) is 4.79 Å². The van der Waals surface area contributed by atoms with Gasteiger partial charge in [-0.3, -0.25) is 4.79 Å². The second-order valence-electron chi connectivity index (χ2n) is 5.59. The van der Waals surface area contributed by atoms with Gasteiger partial charge in [0.05, 0.1) is 0 Å². The van der Waals surface area contributed by atoms with Gasteiger partial charge in [-0.2, -0.15) is 0 Å². The lowest BCUT2D eigenvalue weighted by molar-refractivity contribution is -0.121. The molecule has 0 heterocycles. The zero-order valence-corrected chi connectivity index (χ0v) is 12.9. The molecular weight excluding hydrogens is 260 g/mol. The van der Waals surface area contributed by atoms with Gasteiger partial charge in [0.25, 0.3) is 0 Å². The van der Waals surface area contributed by atoms with Crippen LogP contribution in [0.4, 0.5) is 5.69 Å². The number of anilines is 1. The molecular formula is C18H26N2O. The lowest BCUT2D eigenvalue weighted by atomic mass is 10.1. The van der Waals surface area contributed by atoms with Gasteiger partial charge in [0, 0.05) is 31.7 Å². The highest BCUT2D eigenvalue weighted by atomic mass is 16.1. The summed E-state index contributed by atoms with van der Waals surface area (Å²) in [6, 6.07) is 10.4. The normalized spacial score (nSPS) is 16.9. The number of amides is 1. The maximum atomic E-state index is 11.8. The molecule has 0 saturated carbocycles. The Morgan fingerprint density at radius 1 is 1.33 bits per heavy atom. The maximum Gasteiger partial charge on any atom is 0.220 e. The summed E-state index contributed by atoms with van der Waals surface area (Å²) in [5, 5.41) is 3.04. The van der Waals surface area contributed by atoms with E-state index in [1.165, 1.54) is 5.69 Å². The maximum absolute atomic E-state index is 11.8. The van der Waals surface area contributed by atoms with Crippen LogP contribution in [0.25, 0.3) is 0 Å². The monoisotopic (exact) mass is 286 g/mol. The second-order valence-corrected chi connectivity index (χ2v) is 5.59. The van der Waals surface area contributed by atoms with Crippen LogP contribution in [-0.2, 0) is 4.79 Å². The summed E-state index contributed by atoms with van der Waals surface area (Å²) in [5.41, 5.74) is 1.25. The van der Waals surface area contributed by atoms with Gasteiger partial charge >= 0.3 is 0 Å². The van der Waals surface area contributed by atoms with Crippen molar-refractivity contribution in [2.24, 2.45) is 5.92 Å². The highest BCUT2D eigenvalue weighted by Gasteiger charge is 2.13. The quantitative estimate of drug-likeness (QED) is 0.587. The predicted octanol–water partition coefficient (Wildman–Crippen LogP) is 3.38. The highest BCUT2D eigenvalue weighted by Crippen LogP contribution is 2.19. The number of allylic oxidation sites excluding steroid dienone is 2. The van der Waals surface area contributed by atoms with Crippen molar-refractivity contribution in [3.8, 4) is 0 Å². The molecule has 0 radical (unpaired) electrons. The fraction of sp³-hybridized carbons (Fsp3) is 0.500. The molecule has 1 amide bonds. The summed E-state index contributed by atoms with van der Waals surface area (Å²) in [6.07, 6.45) is 8.23. The minimum Gasteiger partial charge on any atom is -0.372 e. The molecule has 3 nitrogen and oxygen atoms in total. The number of para-hydroxylation sites is 1. The Balaban J connectivity index is 1.64. The fourth-order valence-corrected chi connectivity index (χ4v) is 2.78. The molecule has 1 aliphatic rings. The van der Waals surface area contributed by atoms with Gasteiger partial charge in [0.1, 0.15) is 0 Å². The van der Waals surface area contributed by atoms with Crippen LogP contribution in [0.3, 0.4) is 0 Å². The Morgan fingerprint density at radius 2 is 2.14 bits per heavy atom. The number of rotatable bonds is 8. The molecule has 1 aromatic carbocycles. The van der Waals surface area contributed by atoms with Crippen LogP contribution in [0.5, 0.6) is 0 Å². The average Bonchev–Trinajstić information content (AvgIpc) is 3.01. The van der Waals surface area contributed by atoms with Crippen molar-refractivity contribution in [3.63, 3.8) is 0 Å². The summed E-state index contributed by atoms with van der Waals surface area (Å²) in [4.78, 5) is 14.2. The SMILES string of the molecule is CCN(CCCNC(=O)C[C@@H]1C=CCC1)c1ccccc1. The van der Waals surface area contributed by atoms with Crippen LogP contribution in [0.15, 0.2) is 42.5 Å². The van der Waals surface area contributed by atoms with Crippen LogP contribution in [0, 0.1) is 5.92 Å². The molecule has 0 bridgehead atoms. The van der Waals surface area contributed by atoms with Gasteiger partial charge < -0.3 is 10.2 Å². The van der Waals surface area contributed by atoms with Gasteiger partial charge in [-0.05, 0) is 44.2 Å². The molecule has 0 aromatic heterocycles. The van der Waals surface area contributed by atoms with Gasteiger partial charge in [-0.25, -0.2) is 0 Å². The van der Waals surface area contributed by atoms with Crippen LogP contribution < -0.4 is 10.2 Å². The van der Waals surface area contributed by atoms with E-state index in [1.807, 2.05) is 6.07 Å². The molecule has 2 rings (SSSR count). The molecule has 114 valence electrons. The van der Waals surface area contributed by atoms with Crippen molar-refractivity contribution in [1.29, 1.82) is 0 Å². The number of carbonyl (C=O) groups is 1. The molecule has 1 aliphatic carbocycles. The van der Waals surface area contributed by atoms with Crippen molar-refractivity contribution in [2.75, 3.05) is 24.5 Å². The minimum atomic E-state index is 0.189. The van der Waals surface area contributed by atoms with Crippen molar-refractivity contribution in [1.82, 2.24) is 5.32 Å². The Kier molecular flexibility index (Phi) is 6.32. The van der Waals surface area contributed by atoms with E-state index in [0.29, 0.717) is 12.3 Å². The van der Waals surface area contributed by atoms with Crippen molar-refractivity contribution >= 4 is 11.6 Å². The van der Waals surface area contributed by atoms with Crippen molar-refractivity contribution < 1.29 is 4.79 Å². The van der Waals surface area contributed by atoms with E-state index in [2.05, 4.69) is 53.6 Å². The van der Waals surface area contributed by atoms with E-state index in [-0.39, 0.29) is 5.91 Å². The third-order valence-corrected chi connectivity index (χ3v) is 3.99. The molecule has 3 heteroatoms. The van der Waals surface area contributed by atoms with Crippen LogP contribution >= 0.6 is 0 Å². The average molecular weight is 286 g/mol. The van der Waals surface area contributed by atoms with E-state index >= 15 is 0 Å². The van der Waals surface area contributed by atoms with E-state index in [4.69, 9.17) is 0 Å². The minimum absolute atomic E-state index is 0.189. The third kappa shape index (κ3) is 5.25. The summed E-state index contributed by atoms with van der Waals surface area (Å²) >= 11 is 0. The number of benzene rings is 1. The smallest absolute Gasteiger partial charge is 0.220 e. The van der Waals surface area contributed by atoms with Crippen molar-refractivity contribution in [3.05, 3.63) is 42.5 Å². The summed E-state index contributed by atoms with van der Waals surface area (Å²) in [5.74, 6) is 0.649. The largest absolute Gasteiger partial charge is 0.372 e. The standard InChI is InChI=1S/C18H26N2O/c1-2-20(17-11-4-3-5-12-17)14-8-13-19-18(21)15-16-9-6-7-10-16/h3-6,9,11-12,16H,2,7-8,10,13-15H2,1H3,(H,19,21)/t16-/m1/s1. The number of nitrogens with one attached hydrogen (secondary N) is 1. The van der Waals surface area contributed by atoms with Gasteiger partial charge in [-0.15, -0.1) is 0 Å².